The van der Waals surface area contributed by atoms with Crippen molar-refractivity contribution in [3.8, 4) is 5.75 Å². The molecule has 3 aromatic rings. The highest BCUT2D eigenvalue weighted by atomic mass is 32.1. The number of anilines is 2. The summed E-state index contributed by atoms with van der Waals surface area (Å²) in [7, 11) is 1.72. The summed E-state index contributed by atoms with van der Waals surface area (Å²) in [4.78, 5) is 13.6. The number of benzene rings is 2. The molecule has 0 unspecified atom stereocenters. The Bertz CT molecular complexity index is 1110. The summed E-state index contributed by atoms with van der Waals surface area (Å²) in [5.41, 5.74) is 4.87. The van der Waals surface area contributed by atoms with Crippen LogP contribution in [0.4, 0.5) is 10.8 Å². The molecule has 5 rings (SSSR count). The summed E-state index contributed by atoms with van der Waals surface area (Å²) in [6, 6.07) is 17.3. The molecular weight excluding hydrogens is 472 g/mol. The molecular formula is C28H36N4O3S. The lowest BCUT2D eigenvalue weighted by atomic mass is 10.1. The molecule has 2 aliphatic rings. The van der Waals surface area contributed by atoms with Crippen molar-refractivity contribution in [2.24, 2.45) is 0 Å². The van der Waals surface area contributed by atoms with Crippen LogP contribution in [0.2, 0.25) is 0 Å². The first-order chi connectivity index (χ1) is 17.7. The van der Waals surface area contributed by atoms with Gasteiger partial charge in [0, 0.05) is 56.4 Å². The summed E-state index contributed by atoms with van der Waals surface area (Å²) in [6.45, 7) is 11.7. The van der Waals surface area contributed by atoms with E-state index in [0.29, 0.717) is 0 Å². The predicted octanol–water partition coefficient (Wildman–Crippen LogP) is 4.34. The van der Waals surface area contributed by atoms with E-state index in [4.69, 9.17) is 19.2 Å². The zero-order chi connectivity index (χ0) is 24.7. The van der Waals surface area contributed by atoms with Gasteiger partial charge in [0.05, 0.1) is 39.2 Å². The molecule has 3 heterocycles. The highest BCUT2D eigenvalue weighted by molar-refractivity contribution is 7.15. The first kappa shape index (κ1) is 25.0. The molecule has 0 N–H and O–H groups in total. The van der Waals surface area contributed by atoms with Crippen LogP contribution in [0.15, 0.2) is 48.5 Å². The van der Waals surface area contributed by atoms with Crippen molar-refractivity contribution in [1.82, 2.24) is 9.88 Å². The second-order valence-electron chi connectivity index (χ2n) is 9.37. The molecule has 2 aromatic carbocycles. The fraction of sp³-hybridized carbons (Fsp3) is 0.464. The molecule has 0 aliphatic carbocycles. The van der Waals surface area contributed by atoms with E-state index in [0.717, 1.165) is 88.8 Å². The van der Waals surface area contributed by atoms with E-state index in [9.17, 15) is 0 Å². The Hall–Kier alpha value is -2.65. The average molecular weight is 509 g/mol. The number of thiazole rings is 1. The van der Waals surface area contributed by atoms with Gasteiger partial charge in [0.25, 0.3) is 0 Å². The number of nitrogens with zero attached hydrogens (tertiary/aromatic N) is 4. The number of methoxy groups -OCH3 is 1. The normalized spacial score (nSPS) is 16.8. The summed E-state index contributed by atoms with van der Waals surface area (Å²) in [6.07, 6.45) is 0. The minimum Gasteiger partial charge on any atom is -0.497 e. The van der Waals surface area contributed by atoms with Crippen molar-refractivity contribution in [3.05, 3.63) is 70.2 Å². The molecule has 8 heteroatoms. The number of rotatable bonds is 9. The van der Waals surface area contributed by atoms with Gasteiger partial charge in [-0.25, -0.2) is 4.98 Å². The molecule has 36 heavy (non-hydrogen) atoms. The fourth-order valence-electron chi connectivity index (χ4n) is 4.69. The molecule has 2 saturated heterocycles. The van der Waals surface area contributed by atoms with Crippen LogP contribution in [0.25, 0.3) is 0 Å². The van der Waals surface area contributed by atoms with Gasteiger partial charge in [-0.15, -0.1) is 11.3 Å². The maximum atomic E-state index is 5.53. The minimum atomic E-state index is 0.770. The zero-order valence-electron chi connectivity index (χ0n) is 21.3. The molecule has 2 aliphatic heterocycles. The molecule has 0 atom stereocenters. The summed E-state index contributed by atoms with van der Waals surface area (Å²) in [5, 5.41) is 1.07. The van der Waals surface area contributed by atoms with Crippen LogP contribution >= 0.6 is 11.3 Å². The Morgan fingerprint density at radius 2 is 1.61 bits per heavy atom. The summed E-state index contributed by atoms with van der Waals surface area (Å²) < 4.78 is 16.5. The molecule has 1 aromatic heterocycles. The maximum absolute atomic E-state index is 5.53. The molecule has 0 radical (unpaired) electrons. The van der Waals surface area contributed by atoms with Crippen LogP contribution in [-0.2, 0) is 29.1 Å². The molecule has 0 bridgehead atoms. The van der Waals surface area contributed by atoms with Gasteiger partial charge in [0.1, 0.15) is 5.75 Å². The third kappa shape index (κ3) is 6.37. The van der Waals surface area contributed by atoms with Crippen LogP contribution in [0.3, 0.4) is 0 Å². The largest absolute Gasteiger partial charge is 0.497 e. The van der Waals surface area contributed by atoms with Crippen LogP contribution in [-0.4, -0.2) is 69.6 Å². The standard InChI is InChI=1S/C28H36N4O3S/c1-22-27(21-30-10-14-34-15-11-30)36-28(29-22)32(20-24-4-3-5-26(18-24)33-2)19-23-6-8-25(9-7-23)31-12-16-35-17-13-31/h3-9,18H,10-17,19-21H2,1-2H3. The minimum absolute atomic E-state index is 0.770. The highest BCUT2D eigenvalue weighted by Crippen LogP contribution is 2.31. The third-order valence-electron chi connectivity index (χ3n) is 6.82. The zero-order valence-corrected chi connectivity index (χ0v) is 22.1. The monoisotopic (exact) mass is 508 g/mol. The average Bonchev–Trinajstić information content (AvgIpc) is 3.29. The molecule has 0 spiro atoms. The Balaban J connectivity index is 1.36. The predicted molar refractivity (Wildman–Crippen MR) is 145 cm³/mol. The Kier molecular flexibility index (Phi) is 8.38. The van der Waals surface area contributed by atoms with Gasteiger partial charge in [0.15, 0.2) is 5.13 Å². The molecule has 2 fully saturated rings. The van der Waals surface area contributed by atoms with E-state index in [-0.39, 0.29) is 0 Å². The molecule has 0 amide bonds. The SMILES string of the molecule is COc1cccc(CN(Cc2ccc(N3CCOCC3)cc2)c2nc(C)c(CN3CCOCC3)s2)c1. The number of hydrogen-bond donors (Lipinski definition) is 0. The van der Waals surface area contributed by atoms with Gasteiger partial charge in [-0.1, -0.05) is 24.3 Å². The second-order valence-corrected chi connectivity index (χ2v) is 10.4. The maximum Gasteiger partial charge on any atom is 0.186 e. The number of morpholine rings is 2. The fourth-order valence-corrected chi connectivity index (χ4v) is 5.80. The Morgan fingerprint density at radius 1 is 0.917 bits per heavy atom. The van der Waals surface area contributed by atoms with Gasteiger partial charge in [-0.05, 0) is 42.3 Å². The van der Waals surface area contributed by atoms with E-state index in [1.807, 2.05) is 17.4 Å². The van der Waals surface area contributed by atoms with E-state index >= 15 is 0 Å². The highest BCUT2D eigenvalue weighted by Gasteiger charge is 2.19. The van der Waals surface area contributed by atoms with Crippen LogP contribution < -0.4 is 14.5 Å². The van der Waals surface area contributed by atoms with Crippen molar-refractivity contribution < 1.29 is 14.2 Å². The van der Waals surface area contributed by atoms with Crippen molar-refractivity contribution >= 4 is 22.2 Å². The van der Waals surface area contributed by atoms with E-state index in [2.05, 4.69) is 64.1 Å². The van der Waals surface area contributed by atoms with Gasteiger partial charge in [0.2, 0.25) is 0 Å². The lowest BCUT2D eigenvalue weighted by Gasteiger charge is -2.29. The Morgan fingerprint density at radius 3 is 2.33 bits per heavy atom. The van der Waals surface area contributed by atoms with Crippen LogP contribution in [0.1, 0.15) is 21.7 Å². The second kappa shape index (κ2) is 12.1. The third-order valence-corrected chi connectivity index (χ3v) is 8.02. The number of ether oxygens (including phenoxy) is 3. The van der Waals surface area contributed by atoms with Gasteiger partial charge in [-0.2, -0.15) is 0 Å². The van der Waals surface area contributed by atoms with Gasteiger partial charge in [-0.3, -0.25) is 4.90 Å². The molecule has 7 nitrogen and oxygen atoms in total. The number of aryl methyl sites for hydroxylation is 1. The van der Waals surface area contributed by atoms with Crippen molar-refractivity contribution in [1.29, 1.82) is 0 Å². The number of aromatic nitrogens is 1. The van der Waals surface area contributed by atoms with E-state index in [1.54, 1.807) is 7.11 Å². The van der Waals surface area contributed by atoms with Crippen LogP contribution in [0.5, 0.6) is 5.75 Å². The number of hydrogen-bond acceptors (Lipinski definition) is 8. The van der Waals surface area contributed by atoms with Crippen molar-refractivity contribution in [2.45, 2.75) is 26.6 Å². The smallest absolute Gasteiger partial charge is 0.186 e. The molecule has 0 saturated carbocycles. The summed E-state index contributed by atoms with van der Waals surface area (Å²) >= 11 is 1.81. The summed E-state index contributed by atoms with van der Waals surface area (Å²) in [5.74, 6) is 0.880. The van der Waals surface area contributed by atoms with Crippen molar-refractivity contribution in [2.75, 3.05) is 69.5 Å². The Labute approximate surface area is 218 Å². The van der Waals surface area contributed by atoms with Gasteiger partial charge >= 0.3 is 0 Å². The first-order valence-corrected chi connectivity index (χ1v) is 13.6. The van der Waals surface area contributed by atoms with E-state index < -0.39 is 0 Å². The van der Waals surface area contributed by atoms with Crippen LogP contribution in [0, 0.1) is 6.92 Å². The first-order valence-electron chi connectivity index (χ1n) is 12.7. The quantitative estimate of drug-likeness (QED) is 0.426. The lowest BCUT2D eigenvalue weighted by Crippen LogP contribution is -2.36. The van der Waals surface area contributed by atoms with Gasteiger partial charge < -0.3 is 24.0 Å². The topological polar surface area (TPSA) is 50.3 Å². The van der Waals surface area contributed by atoms with E-state index in [1.165, 1.54) is 21.7 Å². The molecule has 192 valence electrons. The lowest BCUT2D eigenvalue weighted by molar-refractivity contribution is 0.0345. The van der Waals surface area contributed by atoms with Crippen molar-refractivity contribution in [3.63, 3.8) is 0 Å².